The maximum atomic E-state index is 12.0. The fraction of sp³-hybridized carbons (Fsp3) is 0.647. The van der Waals surface area contributed by atoms with E-state index in [2.05, 4.69) is 18.3 Å². The average molecular weight is 325 g/mol. The van der Waals surface area contributed by atoms with Crippen LogP contribution in [0.3, 0.4) is 0 Å². The van der Waals surface area contributed by atoms with E-state index in [9.17, 15) is 8.42 Å². The van der Waals surface area contributed by atoms with Crippen LogP contribution < -0.4 is 10.1 Å². The van der Waals surface area contributed by atoms with Gasteiger partial charge in [0.05, 0.1) is 12.4 Å². The summed E-state index contributed by atoms with van der Waals surface area (Å²) >= 11 is 0. The van der Waals surface area contributed by atoms with Gasteiger partial charge in [-0.15, -0.1) is 0 Å². The highest BCUT2D eigenvalue weighted by Gasteiger charge is 2.32. The molecule has 0 amide bonds. The van der Waals surface area contributed by atoms with Gasteiger partial charge in [0.15, 0.2) is 9.84 Å². The topological polar surface area (TPSA) is 55.4 Å². The summed E-state index contributed by atoms with van der Waals surface area (Å²) in [7, 11) is -1.31. The molecule has 3 atom stereocenters. The van der Waals surface area contributed by atoms with Gasteiger partial charge in [-0.3, -0.25) is 0 Å². The first-order valence-corrected chi connectivity index (χ1v) is 9.94. The average Bonchev–Trinajstić information content (AvgIpc) is 2.52. The molecule has 1 aromatic carbocycles. The van der Waals surface area contributed by atoms with E-state index in [1.54, 1.807) is 7.11 Å². The molecule has 0 heterocycles. The minimum absolute atomic E-state index is 0.0703. The van der Waals surface area contributed by atoms with Gasteiger partial charge in [-0.05, 0) is 30.4 Å². The Morgan fingerprint density at radius 3 is 2.64 bits per heavy atom. The van der Waals surface area contributed by atoms with Crippen LogP contribution >= 0.6 is 0 Å². The van der Waals surface area contributed by atoms with Gasteiger partial charge >= 0.3 is 0 Å². The normalized spacial score (nSPS) is 24.0. The van der Waals surface area contributed by atoms with Gasteiger partial charge in [0.1, 0.15) is 5.75 Å². The highest BCUT2D eigenvalue weighted by Crippen LogP contribution is 2.27. The quantitative estimate of drug-likeness (QED) is 0.874. The molecule has 124 valence electrons. The van der Waals surface area contributed by atoms with Crippen LogP contribution in [0.2, 0.25) is 0 Å². The summed E-state index contributed by atoms with van der Waals surface area (Å²) in [6, 6.07) is 8.07. The first-order valence-electron chi connectivity index (χ1n) is 7.98. The summed E-state index contributed by atoms with van der Waals surface area (Å²) in [6.45, 7) is 2.90. The zero-order valence-corrected chi connectivity index (χ0v) is 14.5. The lowest BCUT2D eigenvalue weighted by Crippen LogP contribution is -2.47. The molecule has 0 aromatic heterocycles. The number of methoxy groups -OCH3 is 1. The van der Waals surface area contributed by atoms with E-state index in [1.807, 2.05) is 18.2 Å². The number of ether oxygens (including phenoxy) is 1. The minimum atomic E-state index is -2.99. The van der Waals surface area contributed by atoms with Crippen LogP contribution in [0.25, 0.3) is 0 Å². The van der Waals surface area contributed by atoms with E-state index < -0.39 is 9.84 Å². The highest BCUT2D eigenvalue weighted by atomic mass is 32.2. The first-order chi connectivity index (χ1) is 10.4. The van der Waals surface area contributed by atoms with Crippen molar-refractivity contribution in [2.75, 3.05) is 19.9 Å². The molecule has 1 saturated carbocycles. The standard InChI is InChI=1S/C17H27NO3S/c1-13(14-8-4-6-10-16(14)21-2)12-18-15-9-5-7-11-17(15)22(3,19)20/h4,6,8,10,13,15,17-18H,5,7,9,11-12H2,1-3H3/t13-,15+,17-/m1/s1. The first kappa shape index (κ1) is 17.3. The van der Waals surface area contributed by atoms with Crippen molar-refractivity contribution in [3.8, 4) is 5.75 Å². The van der Waals surface area contributed by atoms with Crippen LogP contribution in [0.5, 0.6) is 5.75 Å². The van der Waals surface area contributed by atoms with Gasteiger partial charge in [-0.1, -0.05) is 38.0 Å². The Morgan fingerprint density at radius 2 is 1.95 bits per heavy atom. The van der Waals surface area contributed by atoms with Gasteiger partial charge in [0, 0.05) is 18.8 Å². The zero-order valence-electron chi connectivity index (χ0n) is 13.7. The number of sulfone groups is 1. The molecule has 0 bridgehead atoms. The Balaban J connectivity index is 2.01. The van der Waals surface area contributed by atoms with E-state index in [0.717, 1.165) is 43.5 Å². The van der Waals surface area contributed by atoms with Crippen LogP contribution in [0, 0.1) is 0 Å². The Morgan fingerprint density at radius 1 is 1.27 bits per heavy atom. The molecule has 0 unspecified atom stereocenters. The predicted octanol–water partition coefficient (Wildman–Crippen LogP) is 2.74. The van der Waals surface area contributed by atoms with Crippen molar-refractivity contribution in [3.63, 3.8) is 0 Å². The van der Waals surface area contributed by atoms with Crippen molar-refractivity contribution in [2.45, 2.75) is 49.8 Å². The van der Waals surface area contributed by atoms with E-state index in [4.69, 9.17) is 4.74 Å². The third-order valence-electron chi connectivity index (χ3n) is 4.61. The van der Waals surface area contributed by atoms with Gasteiger partial charge < -0.3 is 10.1 Å². The number of rotatable bonds is 6. The monoisotopic (exact) mass is 325 g/mol. The highest BCUT2D eigenvalue weighted by molar-refractivity contribution is 7.91. The lowest BCUT2D eigenvalue weighted by molar-refractivity contribution is 0.362. The molecule has 2 rings (SSSR count). The maximum Gasteiger partial charge on any atom is 0.151 e. The number of para-hydroxylation sites is 1. The number of benzene rings is 1. The number of hydrogen-bond donors (Lipinski definition) is 1. The van der Waals surface area contributed by atoms with Gasteiger partial charge in [0.25, 0.3) is 0 Å². The van der Waals surface area contributed by atoms with Crippen molar-refractivity contribution in [2.24, 2.45) is 0 Å². The number of nitrogens with one attached hydrogen (secondary N) is 1. The van der Waals surface area contributed by atoms with Crippen LogP contribution in [-0.4, -0.2) is 39.6 Å². The summed E-state index contributed by atoms with van der Waals surface area (Å²) in [5.41, 5.74) is 1.16. The largest absolute Gasteiger partial charge is 0.496 e. The fourth-order valence-corrected chi connectivity index (χ4v) is 4.78. The summed E-state index contributed by atoms with van der Waals surface area (Å²) in [5, 5.41) is 3.25. The van der Waals surface area contributed by atoms with Gasteiger partial charge in [0.2, 0.25) is 0 Å². The molecule has 0 spiro atoms. The summed E-state index contributed by atoms with van der Waals surface area (Å²) < 4.78 is 29.3. The van der Waals surface area contributed by atoms with Crippen LogP contribution in [-0.2, 0) is 9.84 Å². The van der Waals surface area contributed by atoms with Crippen LogP contribution in [0.4, 0.5) is 0 Å². The van der Waals surface area contributed by atoms with Gasteiger partial charge in [-0.25, -0.2) is 8.42 Å². The molecular formula is C17H27NO3S. The SMILES string of the molecule is COc1ccccc1[C@H](C)CN[C@H]1CCCC[C@H]1S(C)(=O)=O. The van der Waals surface area contributed by atoms with Crippen molar-refractivity contribution < 1.29 is 13.2 Å². The fourth-order valence-electron chi connectivity index (χ4n) is 3.35. The lowest BCUT2D eigenvalue weighted by Gasteiger charge is -2.32. The van der Waals surface area contributed by atoms with E-state index >= 15 is 0 Å². The van der Waals surface area contributed by atoms with E-state index in [1.165, 1.54) is 6.26 Å². The van der Waals surface area contributed by atoms with Gasteiger partial charge in [-0.2, -0.15) is 0 Å². The molecule has 0 saturated heterocycles. The Hall–Kier alpha value is -1.07. The molecule has 1 N–H and O–H groups in total. The Bertz CT molecular complexity index is 585. The molecule has 0 radical (unpaired) electrons. The minimum Gasteiger partial charge on any atom is -0.496 e. The maximum absolute atomic E-state index is 12.0. The zero-order chi connectivity index (χ0) is 16.2. The second-order valence-electron chi connectivity index (χ2n) is 6.31. The molecule has 0 aliphatic heterocycles. The van der Waals surface area contributed by atoms with Crippen molar-refractivity contribution in [1.82, 2.24) is 5.32 Å². The second kappa shape index (κ2) is 7.47. The number of hydrogen-bond acceptors (Lipinski definition) is 4. The molecule has 1 aliphatic carbocycles. The third kappa shape index (κ3) is 4.23. The van der Waals surface area contributed by atoms with E-state index in [-0.39, 0.29) is 17.2 Å². The lowest BCUT2D eigenvalue weighted by atomic mass is 9.93. The van der Waals surface area contributed by atoms with Crippen molar-refractivity contribution in [3.05, 3.63) is 29.8 Å². The smallest absolute Gasteiger partial charge is 0.151 e. The van der Waals surface area contributed by atoms with Crippen molar-refractivity contribution >= 4 is 9.84 Å². The molecule has 1 fully saturated rings. The molecule has 5 heteroatoms. The molecule has 1 aromatic rings. The third-order valence-corrected chi connectivity index (χ3v) is 6.27. The Labute approximate surface area is 134 Å². The summed E-state index contributed by atoms with van der Waals surface area (Å²) in [4.78, 5) is 0. The van der Waals surface area contributed by atoms with Crippen LogP contribution in [0.1, 0.15) is 44.1 Å². The second-order valence-corrected chi connectivity index (χ2v) is 8.57. The summed E-state index contributed by atoms with van der Waals surface area (Å²) in [5.74, 6) is 1.17. The van der Waals surface area contributed by atoms with E-state index in [0.29, 0.717) is 0 Å². The molecular weight excluding hydrogens is 298 g/mol. The summed E-state index contributed by atoms with van der Waals surface area (Å²) in [6.07, 6.45) is 5.20. The van der Waals surface area contributed by atoms with Crippen LogP contribution in [0.15, 0.2) is 24.3 Å². The molecule has 1 aliphatic rings. The molecule has 22 heavy (non-hydrogen) atoms. The molecule has 4 nitrogen and oxygen atoms in total. The van der Waals surface area contributed by atoms with Crippen molar-refractivity contribution in [1.29, 1.82) is 0 Å². The Kier molecular flexibility index (Phi) is 5.87. The predicted molar refractivity (Wildman–Crippen MR) is 90.3 cm³/mol.